The Bertz CT molecular complexity index is 238. The van der Waals surface area contributed by atoms with Crippen LogP contribution in [0.5, 0.6) is 0 Å². The van der Waals surface area contributed by atoms with Crippen LogP contribution in [0.25, 0.3) is 0 Å². The highest BCUT2D eigenvalue weighted by molar-refractivity contribution is 4.87. The Labute approximate surface area is 98.1 Å². The first kappa shape index (κ1) is 13.2. The molecule has 0 amide bonds. The lowest BCUT2D eigenvalue weighted by molar-refractivity contribution is -0.535. The van der Waals surface area contributed by atoms with Crippen molar-refractivity contribution in [2.75, 3.05) is 0 Å². The molecule has 0 N–H and O–H groups in total. The number of unbranched alkanes of at least 4 members (excludes halogenated alkanes) is 2. The summed E-state index contributed by atoms with van der Waals surface area (Å²) in [4.78, 5) is 10.8. The van der Waals surface area contributed by atoms with Gasteiger partial charge in [-0.25, -0.2) is 0 Å². The highest BCUT2D eigenvalue weighted by atomic mass is 16.6. The molecule has 3 heteroatoms. The van der Waals surface area contributed by atoms with E-state index >= 15 is 0 Å². The van der Waals surface area contributed by atoms with Crippen LogP contribution in [0.4, 0.5) is 0 Å². The zero-order chi connectivity index (χ0) is 11.8. The molecule has 0 unspecified atom stereocenters. The summed E-state index contributed by atoms with van der Waals surface area (Å²) in [5, 5.41) is 10.9. The summed E-state index contributed by atoms with van der Waals surface area (Å²) in [5.74, 6) is 0.279. The van der Waals surface area contributed by atoms with E-state index in [4.69, 9.17) is 0 Å². The molecule has 0 aliphatic heterocycles. The van der Waals surface area contributed by atoms with Crippen LogP contribution in [0.15, 0.2) is 12.2 Å². The third-order valence-corrected chi connectivity index (χ3v) is 3.47. The zero-order valence-electron chi connectivity index (χ0n) is 10.2. The van der Waals surface area contributed by atoms with Gasteiger partial charge in [0.15, 0.2) is 0 Å². The van der Waals surface area contributed by atoms with E-state index in [0.29, 0.717) is 0 Å². The molecule has 0 bridgehead atoms. The third-order valence-electron chi connectivity index (χ3n) is 3.47. The fourth-order valence-corrected chi connectivity index (χ4v) is 2.45. The second-order valence-electron chi connectivity index (χ2n) is 4.75. The highest BCUT2D eigenvalue weighted by Gasteiger charge is 2.32. The van der Waals surface area contributed by atoms with E-state index in [1.807, 2.05) is 0 Å². The average molecular weight is 225 g/mol. The van der Waals surface area contributed by atoms with Crippen molar-refractivity contribution >= 4 is 0 Å². The molecule has 1 fully saturated rings. The molecule has 1 saturated carbocycles. The van der Waals surface area contributed by atoms with Gasteiger partial charge in [0.05, 0.1) is 0 Å². The maximum atomic E-state index is 10.9. The molecule has 3 nitrogen and oxygen atoms in total. The van der Waals surface area contributed by atoms with Crippen molar-refractivity contribution in [3.63, 3.8) is 0 Å². The van der Waals surface area contributed by atoms with Crippen LogP contribution in [0.3, 0.4) is 0 Å². The quantitative estimate of drug-likeness (QED) is 0.297. The smallest absolute Gasteiger partial charge is 0.216 e. The van der Waals surface area contributed by atoms with E-state index in [1.165, 1.54) is 12.8 Å². The minimum absolute atomic E-state index is 0.0658. The lowest BCUT2D eigenvalue weighted by Gasteiger charge is -2.24. The van der Waals surface area contributed by atoms with E-state index in [2.05, 4.69) is 19.1 Å². The topological polar surface area (TPSA) is 43.1 Å². The summed E-state index contributed by atoms with van der Waals surface area (Å²) in [6.07, 6.45) is 12.8. The largest absolute Gasteiger partial charge is 0.264 e. The Balaban J connectivity index is 2.32. The van der Waals surface area contributed by atoms with Crippen molar-refractivity contribution in [2.24, 2.45) is 5.92 Å². The van der Waals surface area contributed by atoms with Crippen molar-refractivity contribution in [1.82, 2.24) is 0 Å². The summed E-state index contributed by atoms with van der Waals surface area (Å²) >= 11 is 0. The normalized spacial score (nSPS) is 26.1. The van der Waals surface area contributed by atoms with Gasteiger partial charge in [0.1, 0.15) is 0 Å². The summed E-state index contributed by atoms with van der Waals surface area (Å²) in [5.41, 5.74) is 0. The Kier molecular flexibility index (Phi) is 6.12. The summed E-state index contributed by atoms with van der Waals surface area (Å²) in [7, 11) is 0. The Morgan fingerprint density at radius 3 is 2.75 bits per heavy atom. The molecule has 0 aromatic heterocycles. The van der Waals surface area contributed by atoms with E-state index in [9.17, 15) is 10.1 Å². The van der Waals surface area contributed by atoms with Crippen molar-refractivity contribution < 1.29 is 4.92 Å². The van der Waals surface area contributed by atoms with Crippen LogP contribution in [-0.2, 0) is 0 Å². The van der Waals surface area contributed by atoms with E-state index in [-0.39, 0.29) is 16.9 Å². The predicted molar refractivity (Wildman–Crippen MR) is 66.0 cm³/mol. The maximum absolute atomic E-state index is 10.9. The second-order valence-corrected chi connectivity index (χ2v) is 4.75. The van der Waals surface area contributed by atoms with Crippen LogP contribution >= 0.6 is 0 Å². The molecule has 16 heavy (non-hydrogen) atoms. The maximum Gasteiger partial charge on any atom is 0.216 e. The number of rotatable bonds is 6. The van der Waals surface area contributed by atoms with Crippen molar-refractivity contribution in [3.8, 4) is 0 Å². The molecule has 1 rings (SSSR count). The van der Waals surface area contributed by atoms with Gasteiger partial charge in [0.25, 0.3) is 0 Å². The minimum atomic E-state index is -0.287. The molecule has 0 heterocycles. The standard InChI is InChI=1S/C13H23NO2/c1-2-3-4-5-6-9-12-10-7-8-11-13(12)14(15)16/h5-6,12-13H,2-4,7-11H2,1H3/b6-5+/t12-,13+/m1/s1. The molecule has 0 aromatic carbocycles. The number of hydrogen-bond acceptors (Lipinski definition) is 2. The number of nitro groups is 1. The Hall–Kier alpha value is -0.860. The fraction of sp³-hybridized carbons (Fsp3) is 0.846. The lowest BCUT2D eigenvalue weighted by Crippen LogP contribution is -2.31. The SMILES string of the molecule is CCCC/C=C/C[C@@H]1CCCC[C@@H]1[N+](=O)[O-]. The zero-order valence-corrected chi connectivity index (χ0v) is 10.2. The molecule has 0 radical (unpaired) electrons. The molecule has 1 aliphatic carbocycles. The highest BCUT2D eigenvalue weighted by Crippen LogP contribution is 2.29. The van der Waals surface area contributed by atoms with Crippen LogP contribution in [0, 0.1) is 16.0 Å². The van der Waals surface area contributed by atoms with E-state index in [0.717, 1.165) is 38.5 Å². The molecule has 92 valence electrons. The van der Waals surface area contributed by atoms with Crippen LogP contribution in [0.2, 0.25) is 0 Å². The Morgan fingerprint density at radius 2 is 2.06 bits per heavy atom. The average Bonchev–Trinajstić information content (AvgIpc) is 2.29. The molecular weight excluding hydrogens is 202 g/mol. The van der Waals surface area contributed by atoms with Gasteiger partial charge in [-0.3, -0.25) is 10.1 Å². The van der Waals surface area contributed by atoms with E-state index < -0.39 is 0 Å². The number of nitrogens with zero attached hydrogens (tertiary/aromatic N) is 1. The van der Waals surface area contributed by atoms with Gasteiger partial charge in [0.2, 0.25) is 6.04 Å². The fourth-order valence-electron chi connectivity index (χ4n) is 2.45. The second kappa shape index (κ2) is 7.42. The molecule has 0 aromatic rings. The molecule has 0 spiro atoms. The summed E-state index contributed by atoms with van der Waals surface area (Å²) < 4.78 is 0. The summed E-state index contributed by atoms with van der Waals surface area (Å²) in [6, 6.07) is -0.287. The summed E-state index contributed by atoms with van der Waals surface area (Å²) in [6.45, 7) is 2.18. The third kappa shape index (κ3) is 4.33. The van der Waals surface area contributed by atoms with Gasteiger partial charge in [0, 0.05) is 17.3 Å². The van der Waals surface area contributed by atoms with Crippen LogP contribution in [-0.4, -0.2) is 11.0 Å². The van der Waals surface area contributed by atoms with Gasteiger partial charge in [-0.1, -0.05) is 38.3 Å². The van der Waals surface area contributed by atoms with Crippen molar-refractivity contribution in [1.29, 1.82) is 0 Å². The number of hydrogen-bond donors (Lipinski definition) is 0. The van der Waals surface area contributed by atoms with Crippen LogP contribution < -0.4 is 0 Å². The van der Waals surface area contributed by atoms with Gasteiger partial charge < -0.3 is 0 Å². The monoisotopic (exact) mass is 225 g/mol. The van der Waals surface area contributed by atoms with Crippen molar-refractivity contribution in [2.45, 2.75) is 64.3 Å². The number of allylic oxidation sites excluding steroid dienone is 2. The minimum Gasteiger partial charge on any atom is -0.264 e. The first-order valence-electron chi connectivity index (χ1n) is 6.54. The predicted octanol–water partition coefficient (Wildman–Crippen LogP) is 3.96. The van der Waals surface area contributed by atoms with Gasteiger partial charge >= 0.3 is 0 Å². The van der Waals surface area contributed by atoms with Gasteiger partial charge in [-0.2, -0.15) is 0 Å². The molecule has 1 aliphatic rings. The van der Waals surface area contributed by atoms with Gasteiger partial charge in [-0.15, -0.1) is 0 Å². The molecule has 2 atom stereocenters. The van der Waals surface area contributed by atoms with Gasteiger partial charge in [-0.05, 0) is 25.7 Å². The molecular formula is C13H23NO2. The lowest BCUT2D eigenvalue weighted by atomic mass is 9.82. The first-order chi connectivity index (χ1) is 7.75. The molecule has 0 saturated heterocycles. The first-order valence-corrected chi connectivity index (χ1v) is 6.54. The Morgan fingerprint density at radius 1 is 1.31 bits per heavy atom. The van der Waals surface area contributed by atoms with Crippen LogP contribution in [0.1, 0.15) is 58.3 Å². The van der Waals surface area contributed by atoms with Crippen molar-refractivity contribution in [3.05, 3.63) is 22.3 Å². The van der Waals surface area contributed by atoms with E-state index in [1.54, 1.807) is 0 Å².